The summed E-state index contributed by atoms with van der Waals surface area (Å²) in [5.41, 5.74) is 1.27. The molecule has 0 aliphatic heterocycles. The number of amides is 1. The SMILES string of the molecule is O=C(Nc1ccc2c(Br)cccc2c1)c1ccc(OC2CCCC2)nc1. The largest absolute Gasteiger partial charge is 0.474 e. The average Bonchev–Trinajstić information content (AvgIpc) is 3.15. The number of halogens is 1. The van der Waals surface area contributed by atoms with Crippen LogP contribution in [0.3, 0.4) is 0 Å². The molecule has 1 aromatic heterocycles. The van der Waals surface area contributed by atoms with Gasteiger partial charge in [0.15, 0.2) is 0 Å². The standard InChI is InChI=1S/C21H19BrN2O2/c22-19-7-3-4-14-12-16(9-10-18(14)19)24-21(25)15-8-11-20(23-13-15)26-17-5-1-2-6-17/h3-4,7-13,17H,1-2,5-6H2,(H,24,25). The predicted octanol–water partition coefficient (Wildman–Crippen LogP) is 5.57. The fraction of sp³-hybridized carbons (Fsp3) is 0.238. The number of carbonyl (C=O) groups excluding carboxylic acids is 1. The van der Waals surface area contributed by atoms with Crippen molar-refractivity contribution < 1.29 is 9.53 Å². The minimum atomic E-state index is -0.181. The highest BCUT2D eigenvalue weighted by molar-refractivity contribution is 9.10. The van der Waals surface area contributed by atoms with E-state index in [0.29, 0.717) is 11.4 Å². The molecule has 132 valence electrons. The number of nitrogens with one attached hydrogen (secondary N) is 1. The van der Waals surface area contributed by atoms with E-state index in [1.807, 2.05) is 36.4 Å². The molecule has 0 unspecified atom stereocenters. The summed E-state index contributed by atoms with van der Waals surface area (Å²) in [5.74, 6) is 0.406. The minimum absolute atomic E-state index is 0.181. The normalized spacial score (nSPS) is 14.5. The van der Waals surface area contributed by atoms with E-state index in [4.69, 9.17) is 4.74 Å². The van der Waals surface area contributed by atoms with Crippen LogP contribution in [0.5, 0.6) is 5.88 Å². The molecule has 1 saturated carbocycles. The third-order valence-corrected chi connectivity index (χ3v) is 5.36. The van der Waals surface area contributed by atoms with Crippen LogP contribution < -0.4 is 10.1 Å². The van der Waals surface area contributed by atoms with Crippen LogP contribution in [0.15, 0.2) is 59.2 Å². The zero-order valence-electron chi connectivity index (χ0n) is 14.2. The van der Waals surface area contributed by atoms with Crippen LogP contribution in [-0.2, 0) is 0 Å². The molecule has 5 heteroatoms. The first kappa shape index (κ1) is 17.0. The number of pyridine rings is 1. The van der Waals surface area contributed by atoms with Crippen LogP contribution >= 0.6 is 15.9 Å². The number of benzene rings is 2. The Morgan fingerprint density at radius 3 is 2.73 bits per heavy atom. The molecule has 1 N–H and O–H groups in total. The van der Waals surface area contributed by atoms with Gasteiger partial charge in [-0.15, -0.1) is 0 Å². The average molecular weight is 411 g/mol. The van der Waals surface area contributed by atoms with E-state index in [1.165, 1.54) is 12.8 Å². The number of ether oxygens (including phenoxy) is 1. The molecule has 1 aliphatic rings. The van der Waals surface area contributed by atoms with Gasteiger partial charge < -0.3 is 10.1 Å². The van der Waals surface area contributed by atoms with Crippen molar-refractivity contribution in [1.29, 1.82) is 0 Å². The van der Waals surface area contributed by atoms with Gasteiger partial charge in [-0.05, 0) is 60.7 Å². The van der Waals surface area contributed by atoms with E-state index in [1.54, 1.807) is 18.3 Å². The second kappa shape index (κ2) is 7.46. The van der Waals surface area contributed by atoms with E-state index >= 15 is 0 Å². The third kappa shape index (κ3) is 3.73. The van der Waals surface area contributed by atoms with Gasteiger partial charge in [-0.3, -0.25) is 4.79 Å². The molecule has 1 aliphatic carbocycles. The second-order valence-corrected chi connectivity index (χ2v) is 7.39. The fourth-order valence-electron chi connectivity index (χ4n) is 3.29. The highest BCUT2D eigenvalue weighted by atomic mass is 79.9. The molecule has 1 heterocycles. The molecule has 0 bridgehead atoms. The molecule has 4 rings (SSSR count). The lowest BCUT2D eigenvalue weighted by molar-refractivity contribution is 0.102. The number of aromatic nitrogens is 1. The van der Waals surface area contributed by atoms with E-state index < -0.39 is 0 Å². The van der Waals surface area contributed by atoms with Crippen molar-refractivity contribution in [1.82, 2.24) is 4.98 Å². The maximum absolute atomic E-state index is 12.5. The quantitative estimate of drug-likeness (QED) is 0.611. The highest BCUT2D eigenvalue weighted by Gasteiger charge is 2.17. The molecular weight excluding hydrogens is 392 g/mol. The molecule has 1 fully saturated rings. The van der Waals surface area contributed by atoms with Crippen molar-refractivity contribution in [2.45, 2.75) is 31.8 Å². The highest BCUT2D eigenvalue weighted by Crippen LogP contribution is 2.27. The molecule has 0 radical (unpaired) electrons. The number of fused-ring (bicyclic) bond motifs is 1. The van der Waals surface area contributed by atoms with Crippen LogP contribution in [0.4, 0.5) is 5.69 Å². The number of rotatable bonds is 4. The zero-order chi connectivity index (χ0) is 17.9. The lowest BCUT2D eigenvalue weighted by Gasteiger charge is -2.12. The molecule has 3 aromatic rings. The van der Waals surface area contributed by atoms with Gasteiger partial charge in [-0.2, -0.15) is 0 Å². The van der Waals surface area contributed by atoms with Gasteiger partial charge >= 0.3 is 0 Å². The lowest BCUT2D eigenvalue weighted by atomic mass is 10.1. The summed E-state index contributed by atoms with van der Waals surface area (Å²) >= 11 is 3.54. The molecule has 4 nitrogen and oxygen atoms in total. The Morgan fingerprint density at radius 1 is 1.12 bits per heavy atom. The van der Waals surface area contributed by atoms with Gasteiger partial charge in [-0.25, -0.2) is 4.98 Å². The van der Waals surface area contributed by atoms with E-state index in [9.17, 15) is 4.79 Å². The van der Waals surface area contributed by atoms with Crippen molar-refractivity contribution in [3.8, 4) is 5.88 Å². The summed E-state index contributed by atoms with van der Waals surface area (Å²) in [7, 11) is 0. The Balaban J connectivity index is 1.45. The smallest absolute Gasteiger partial charge is 0.257 e. The minimum Gasteiger partial charge on any atom is -0.474 e. The molecule has 0 saturated heterocycles. The van der Waals surface area contributed by atoms with Crippen molar-refractivity contribution in [3.05, 3.63) is 64.8 Å². The van der Waals surface area contributed by atoms with E-state index in [2.05, 4.69) is 26.2 Å². The summed E-state index contributed by atoms with van der Waals surface area (Å²) in [6, 6.07) is 15.4. The lowest BCUT2D eigenvalue weighted by Crippen LogP contribution is -2.14. The Bertz CT molecular complexity index is 934. The molecular formula is C21H19BrN2O2. The van der Waals surface area contributed by atoms with E-state index in [0.717, 1.165) is 33.8 Å². The molecule has 1 amide bonds. The van der Waals surface area contributed by atoms with Crippen molar-refractivity contribution in [2.24, 2.45) is 0 Å². The van der Waals surface area contributed by atoms with Crippen LogP contribution in [-0.4, -0.2) is 17.0 Å². The summed E-state index contributed by atoms with van der Waals surface area (Å²) in [6.07, 6.45) is 6.43. The van der Waals surface area contributed by atoms with Crippen molar-refractivity contribution in [3.63, 3.8) is 0 Å². The van der Waals surface area contributed by atoms with E-state index in [-0.39, 0.29) is 12.0 Å². The third-order valence-electron chi connectivity index (χ3n) is 4.67. The first-order valence-corrected chi connectivity index (χ1v) is 9.61. The maximum atomic E-state index is 12.5. The number of hydrogen-bond acceptors (Lipinski definition) is 3. The Kier molecular flexibility index (Phi) is 4.89. The molecule has 0 spiro atoms. The topological polar surface area (TPSA) is 51.2 Å². The van der Waals surface area contributed by atoms with Gasteiger partial charge in [0.25, 0.3) is 5.91 Å². The zero-order valence-corrected chi connectivity index (χ0v) is 15.8. The Hall–Kier alpha value is -2.40. The van der Waals surface area contributed by atoms with Gasteiger partial charge in [0.05, 0.1) is 5.56 Å². The maximum Gasteiger partial charge on any atom is 0.257 e. The first-order valence-electron chi connectivity index (χ1n) is 8.81. The number of carbonyl (C=O) groups is 1. The molecule has 26 heavy (non-hydrogen) atoms. The van der Waals surface area contributed by atoms with Crippen molar-refractivity contribution >= 4 is 38.3 Å². The summed E-state index contributed by atoms with van der Waals surface area (Å²) < 4.78 is 6.88. The fourth-order valence-corrected chi connectivity index (χ4v) is 3.80. The van der Waals surface area contributed by atoms with Crippen LogP contribution in [0.2, 0.25) is 0 Å². The number of anilines is 1. The Labute approximate surface area is 160 Å². The molecule has 2 aromatic carbocycles. The van der Waals surface area contributed by atoms with Crippen molar-refractivity contribution in [2.75, 3.05) is 5.32 Å². The van der Waals surface area contributed by atoms with Crippen LogP contribution in [0.25, 0.3) is 10.8 Å². The predicted molar refractivity (Wildman–Crippen MR) is 107 cm³/mol. The summed E-state index contributed by atoms with van der Waals surface area (Å²) in [6.45, 7) is 0. The Morgan fingerprint density at radius 2 is 1.96 bits per heavy atom. The van der Waals surface area contributed by atoms with Crippen LogP contribution in [0.1, 0.15) is 36.0 Å². The van der Waals surface area contributed by atoms with Gasteiger partial charge in [-0.1, -0.05) is 34.1 Å². The number of nitrogens with zero attached hydrogens (tertiary/aromatic N) is 1. The van der Waals surface area contributed by atoms with Gasteiger partial charge in [0, 0.05) is 22.4 Å². The van der Waals surface area contributed by atoms with Gasteiger partial charge in [0.1, 0.15) is 6.10 Å². The van der Waals surface area contributed by atoms with Crippen LogP contribution in [0, 0.1) is 0 Å². The number of hydrogen-bond donors (Lipinski definition) is 1. The monoisotopic (exact) mass is 410 g/mol. The summed E-state index contributed by atoms with van der Waals surface area (Å²) in [4.78, 5) is 16.7. The summed E-state index contributed by atoms with van der Waals surface area (Å²) in [5, 5.41) is 5.10. The second-order valence-electron chi connectivity index (χ2n) is 6.54. The van der Waals surface area contributed by atoms with Gasteiger partial charge in [0.2, 0.25) is 5.88 Å². The molecule has 0 atom stereocenters. The first-order chi connectivity index (χ1) is 12.7.